The van der Waals surface area contributed by atoms with Crippen molar-refractivity contribution in [1.29, 1.82) is 0 Å². The molecule has 1 amide bonds. The molecule has 3 aromatic rings. The Hall–Kier alpha value is -2.54. The molecule has 0 spiro atoms. The van der Waals surface area contributed by atoms with Crippen molar-refractivity contribution in [3.8, 4) is 11.5 Å². The van der Waals surface area contributed by atoms with Crippen LogP contribution in [0.25, 0.3) is 0 Å². The summed E-state index contributed by atoms with van der Waals surface area (Å²) < 4.78 is 12.4. The first-order chi connectivity index (χ1) is 15.4. The van der Waals surface area contributed by atoms with E-state index in [0.29, 0.717) is 44.8 Å². The van der Waals surface area contributed by atoms with Crippen molar-refractivity contribution in [2.45, 2.75) is 20.5 Å². The zero-order valence-corrected chi connectivity index (χ0v) is 20.6. The third kappa shape index (κ3) is 6.48. The van der Waals surface area contributed by atoms with Gasteiger partial charge < -0.3 is 9.47 Å². The Labute approximate surface area is 205 Å². The average Bonchev–Trinajstić information content (AvgIpc) is 2.75. The molecular formula is C24H21BrCl2N2O3. The Morgan fingerprint density at radius 2 is 1.94 bits per heavy atom. The minimum Gasteiger partial charge on any atom is -0.490 e. The van der Waals surface area contributed by atoms with Gasteiger partial charge in [0.15, 0.2) is 11.5 Å². The number of rotatable bonds is 8. The van der Waals surface area contributed by atoms with Gasteiger partial charge in [-0.1, -0.05) is 41.4 Å². The molecule has 5 nitrogen and oxygen atoms in total. The molecule has 0 unspecified atom stereocenters. The number of nitrogens with one attached hydrogen (secondary N) is 1. The van der Waals surface area contributed by atoms with Crippen molar-refractivity contribution in [3.63, 3.8) is 0 Å². The number of aryl methyl sites for hydroxylation is 1. The summed E-state index contributed by atoms with van der Waals surface area (Å²) in [6, 6.07) is 16.2. The van der Waals surface area contributed by atoms with Gasteiger partial charge in [0.25, 0.3) is 5.91 Å². The fourth-order valence-corrected chi connectivity index (χ4v) is 3.78. The van der Waals surface area contributed by atoms with Crippen molar-refractivity contribution in [2.24, 2.45) is 5.10 Å². The molecule has 3 aromatic carbocycles. The normalized spacial score (nSPS) is 10.9. The summed E-state index contributed by atoms with van der Waals surface area (Å²) in [5.41, 5.74) is 5.49. The smallest absolute Gasteiger partial charge is 0.271 e. The minimum absolute atomic E-state index is 0.335. The third-order valence-corrected chi connectivity index (χ3v) is 5.65. The molecule has 0 fully saturated rings. The average molecular weight is 536 g/mol. The van der Waals surface area contributed by atoms with Crippen LogP contribution >= 0.6 is 39.1 Å². The number of nitrogens with zero attached hydrogens (tertiary/aromatic N) is 1. The van der Waals surface area contributed by atoms with Gasteiger partial charge in [-0.2, -0.15) is 5.10 Å². The van der Waals surface area contributed by atoms with Crippen LogP contribution in [-0.2, 0) is 6.61 Å². The maximum atomic E-state index is 12.3. The molecule has 0 atom stereocenters. The molecule has 0 bridgehead atoms. The van der Waals surface area contributed by atoms with Crippen LogP contribution in [0.2, 0.25) is 10.0 Å². The molecule has 166 valence electrons. The Morgan fingerprint density at radius 1 is 1.12 bits per heavy atom. The molecule has 0 heterocycles. The van der Waals surface area contributed by atoms with E-state index in [-0.39, 0.29) is 5.91 Å². The van der Waals surface area contributed by atoms with Gasteiger partial charge in [0.2, 0.25) is 0 Å². The SMILES string of the molecule is CCOc1cc(/C=N\NC(=O)c2ccc(C)c(Cl)c2)cc(Br)c1OCc1cccc(Cl)c1. The molecule has 1 N–H and O–H groups in total. The van der Waals surface area contributed by atoms with Gasteiger partial charge in [-0.25, -0.2) is 5.43 Å². The number of hydrogen-bond acceptors (Lipinski definition) is 4. The third-order valence-electron chi connectivity index (χ3n) is 4.42. The predicted molar refractivity (Wildman–Crippen MR) is 132 cm³/mol. The quantitative estimate of drug-likeness (QED) is 0.254. The van der Waals surface area contributed by atoms with E-state index in [1.165, 1.54) is 6.21 Å². The number of hydrazone groups is 1. The first-order valence-corrected chi connectivity index (χ1v) is 11.4. The van der Waals surface area contributed by atoms with E-state index in [4.69, 9.17) is 32.7 Å². The predicted octanol–water partition coefficient (Wildman–Crippen LogP) is 6.81. The summed E-state index contributed by atoms with van der Waals surface area (Å²) in [4.78, 5) is 12.3. The first kappa shape index (κ1) is 24.1. The highest BCUT2D eigenvalue weighted by Gasteiger charge is 2.13. The summed E-state index contributed by atoms with van der Waals surface area (Å²) in [6.45, 7) is 4.56. The standard InChI is InChI=1S/C24H21BrCl2N2O3/c1-3-31-22-11-17(13-28-29-24(30)18-8-7-15(2)21(27)12-18)10-20(25)23(22)32-14-16-5-4-6-19(26)9-16/h4-13H,3,14H2,1-2H3,(H,29,30)/b28-13-. The van der Waals surface area contributed by atoms with E-state index in [0.717, 1.165) is 16.7 Å². The lowest BCUT2D eigenvalue weighted by Gasteiger charge is -2.15. The Balaban J connectivity index is 1.72. The molecule has 0 aliphatic heterocycles. The van der Waals surface area contributed by atoms with Crippen molar-refractivity contribution in [3.05, 3.63) is 91.4 Å². The topological polar surface area (TPSA) is 59.9 Å². The van der Waals surface area contributed by atoms with Gasteiger partial charge in [0, 0.05) is 15.6 Å². The number of carbonyl (C=O) groups excluding carboxylic acids is 1. The van der Waals surface area contributed by atoms with Gasteiger partial charge in [-0.15, -0.1) is 0 Å². The van der Waals surface area contributed by atoms with Crippen LogP contribution < -0.4 is 14.9 Å². The highest BCUT2D eigenvalue weighted by Crippen LogP contribution is 2.37. The molecule has 0 aromatic heterocycles. The Kier molecular flexibility index (Phi) is 8.56. The number of carbonyl (C=O) groups is 1. The fraction of sp³-hybridized carbons (Fsp3) is 0.167. The van der Waals surface area contributed by atoms with Gasteiger partial charge in [-0.05, 0) is 82.9 Å². The molecule has 8 heteroatoms. The van der Waals surface area contributed by atoms with Crippen molar-refractivity contribution < 1.29 is 14.3 Å². The molecule has 0 saturated carbocycles. The largest absolute Gasteiger partial charge is 0.490 e. The van der Waals surface area contributed by atoms with E-state index < -0.39 is 0 Å². The monoisotopic (exact) mass is 534 g/mol. The number of amides is 1. The molecule has 0 aliphatic rings. The van der Waals surface area contributed by atoms with E-state index >= 15 is 0 Å². The second-order valence-electron chi connectivity index (χ2n) is 6.84. The first-order valence-electron chi connectivity index (χ1n) is 9.80. The summed E-state index contributed by atoms with van der Waals surface area (Å²) in [7, 11) is 0. The van der Waals surface area contributed by atoms with Crippen LogP contribution in [0.3, 0.4) is 0 Å². The van der Waals surface area contributed by atoms with E-state index in [9.17, 15) is 4.79 Å². The second kappa shape index (κ2) is 11.4. The summed E-state index contributed by atoms with van der Waals surface area (Å²) in [5, 5.41) is 5.22. The highest BCUT2D eigenvalue weighted by molar-refractivity contribution is 9.10. The van der Waals surface area contributed by atoms with Gasteiger partial charge >= 0.3 is 0 Å². The van der Waals surface area contributed by atoms with E-state index in [1.807, 2.05) is 44.2 Å². The lowest BCUT2D eigenvalue weighted by molar-refractivity contribution is 0.0955. The number of hydrogen-bond donors (Lipinski definition) is 1. The Morgan fingerprint density at radius 3 is 2.66 bits per heavy atom. The summed E-state index contributed by atoms with van der Waals surface area (Å²) in [5.74, 6) is 0.776. The number of benzene rings is 3. The maximum Gasteiger partial charge on any atom is 0.271 e. The zero-order chi connectivity index (χ0) is 23.1. The van der Waals surface area contributed by atoms with Crippen LogP contribution in [0, 0.1) is 6.92 Å². The van der Waals surface area contributed by atoms with Crippen LogP contribution in [-0.4, -0.2) is 18.7 Å². The molecule has 3 rings (SSSR count). The van der Waals surface area contributed by atoms with Crippen LogP contribution in [0.4, 0.5) is 0 Å². The molecule has 32 heavy (non-hydrogen) atoms. The van der Waals surface area contributed by atoms with Crippen molar-refractivity contribution in [1.82, 2.24) is 5.43 Å². The van der Waals surface area contributed by atoms with Gasteiger partial charge in [0.1, 0.15) is 6.61 Å². The van der Waals surface area contributed by atoms with Crippen LogP contribution in [0.5, 0.6) is 11.5 Å². The maximum absolute atomic E-state index is 12.3. The Bertz CT molecular complexity index is 1150. The number of ether oxygens (including phenoxy) is 2. The van der Waals surface area contributed by atoms with Crippen LogP contribution in [0.1, 0.15) is 34.0 Å². The fourth-order valence-electron chi connectivity index (χ4n) is 2.81. The van der Waals surface area contributed by atoms with Gasteiger partial charge in [0.05, 0.1) is 17.3 Å². The van der Waals surface area contributed by atoms with Crippen LogP contribution in [0.15, 0.2) is 64.2 Å². The van der Waals surface area contributed by atoms with Crippen molar-refractivity contribution >= 4 is 51.3 Å². The molecule has 0 radical (unpaired) electrons. The van der Waals surface area contributed by atoms with E-state index in [1.54, 1.807) is 24.3 Å². The lowest BCUT2D eigenvalue weighted by Crippen LogP contribution is -2.17. The second-order valence-corrected chi connectivity index (χ2v) is 8.54. The minimum atomic E-state index is -0.353. The van der Waals surface area contributed by atoms with E-state index in [2.05, 4.69) is 26.5 Å². The van der Waals surface area contributed by atoms with Gasteiger partial charge in [-0.3, -0.25) is 4.79 Å². The van der Waals surface area contributed by atoms with Crippen molar-refractivity contribution in [2.75, 3.05) is 6.61 Å². The highest BCUT2D eigenvalue weighted by atomic mass is 79.9. The summed E-state index contributed by atoms with van der Waals surface area (Å²) >= 11 is 15.7. The number of halogens is 3. The summed E-state index contributed by atoms with van der Waals surface area (Å²) in [6.07, 6.45) is 1.53. The molecule has 0 saturated heterocycles. The molecule has 0 aliphatic carbocycles. The molecular weight excluding hydrogens is 515 g/mol. The lowest BCUT2D eigenvalue weighted by atomic mass is 10.1. The zero-order valence-electron chi connectivity index (χ0n) is 17.5.